The summed E-state index contributed by atoms with van der Waals surface area (Å²) in [5.41, 5.74) is 1.74. The molecule has 0 unspecified atom stereocenters. The van der Waals surface area contributed by atoms with E-state index in [0.717, 1.165) is 17.7 Å². The van der Waals surface area contributed by atoms with Crippen LogP contribution < -0.4 is 0 Å². The van der Waals surface area contributed by atoms with Crippen molar-refractivity contribution in [1.82, 2.24) is 0 Å². The van der Waals surface area contributed by atoms with Crippen molar-refractivity contribution >= 4 is 17.4 Å². The number of carbonyl (C=O) groups is 1. The van der Waals surface area contributed by atoms with E-state index in [2.05, 4.69) is 10.3 Å². The second kappa shape index (κ2) is 10.8. The van der Waals surface area contributed by atoms with Gasteiger partial charge in [0.1, 0.15) is 13.7 Å². The summed E-state index contributed by atoms with van der Waals surface area (Å²) in [5.74, 6) is -0.885. The Morgan fingerprint density at radius 2 is 1.75 bits per heavy atom. The van der Waals surface area contributed by atoms with Gasteiger partial charge in [0.05, 0.1) is 18.4 Å². The minimum atomic E-state index is -4.46. The Morgan fingerprint density at radius 3 is 2.34 bits per heavy atom. The number of nitrogens with zero attached hydrogens (tertiary/aromatic N) is 2. The number of hydrogen-bond acceptors (Lipinski definition) is 6. The predicted octanol–water partition coefficient (Wildman–Crippen LogP) is 5.11. The standard InChI is InChI=1S/C23H25F3N2O4/c1-14(2)20(16-9-7-10-17(12-16)23(24,25)26)28-32-13-19-15(3)8-6-11-18(19)21(27-31-5)22(29)30-4/h6-12,14H,13H2,1-5H3/b27-21+,28-20+. The molecule has 0 bridgehead atoms. The molecule has 0 aliphatic heterocycles. The van der Waals surface area contributed by atoms with Crippen LogP contribution in [0.15, 0.2) is 52.8 Å². The number of halogens is 3. The third kappa shape index (κ3) is 6.09. The minimum absolute atomic E-state index is 0.0387. The van der Waals surface area contributed by atoms with Crippen molar-refractivity contribution in [2.45, 2.75) is 33.6 Å². The van der Waals surface area contributed by atoms with Gasteiger partial charge in [-0.05, 0) is 30.5 Å². The molecule has 2 aromatic rings. The predicted molar refractivity (Wildman–Crippen MR) is 114 cm³/mol. The van der Waals surface area contributed by atoms with Crippen LogP contribution in [0.5, 0.6) is 0 Å². The molecule has 9 heteroatoms. The van der Waals surface area contributed by atoms with Crippen LogP contribution in [0.25, 0.3) is 0 Å². The number of aryl methyl sites for hydroxylation is 1. The lowest BCUT2D eigenvalue weighted by Gasteiger charge is -2.15. The number of ether oxygens (including phenoxy) is 1. The highest BCUT2D eigenvalue weighted by Gasteiger charge is 2.31. The summed E-state index contributed by atoms with van der Waals surface area (Å²) < 4.78 is 44.1. The molecule has 0 aliphatic rings. The van der Waals surface area contributed by atoms with Gasteiger partial charge in [-0.15, -0.1) is 0 Å². The number of benzene rings is 2. The zero-order valence-electron chi connectivity index (χ0n) is 18.5. The van der Waals surface area contributed by atoms with E-state index in [4.69, 9.17) is 14.4 Å². The maximum absolute atomic E-state index is 13.1. The van der Waals surface area contributed by atoms with E-state index in [0.29, 0.717) is 22.4 Å². The highest BCUT2D eigenvalue weighted by atomic mass is 19.4. The fourth-order valence-electron chi connectivity index (χ4n) is 3.01. The summed E-state index contributed by atoms with van der Waals surface area (Å²) in [6.45, 7) is 5.39. The Bertz CT molecular complexity index is 1010. The van der Waals surface area contributed by atoms with E-state index in [-0.39, 0.29) is 18.2 Å². The van der Waals surface area contributed by atoms with Crippen LogP contribution in [-0.2, 0) is 32.0 Å². The molecule has 0 amide bonds. The second-order valence-electron chi connectivity index (χ2n) is 7.20. The summed E-state index contributed by atoms with van der Waals surface area (Å²) in [5, 5.41) is 7.89. The molecule has 0 aliphatic carbocycles. The topological polar surface area (TPSA) is 69.5 Å². The molecule has 0 aromatic heterocycles. The van der Waals surface area contributed by atoms with Gasteiger partial charge in [0.2, 0.25) is 0 Å². The molecule has 0 heterocycles. The van der Waals surface area contributed by atoms with Gasteiger partial charge < -0.3 is 14.4 Å². The van der Waals surface area contributed by atoms with Gasteiger partial charge in [0.15, 0.2) is 5.71 Å². The van der Waals surface area contributed by atoms with Crippen molar-refractivity contribution in [3.63, 3.8) is 0 Å². The van der Waals surface area contributed by atoms with Gasteiger partial charge in [0.25, 0.3) is 0 Å². The Balaban J connectivity index is 2.39. The number of esters is 1. The second-order valence-corrected chi connectivity index (χ2v) is 7.20. The first kappa shape index (κ1) is 24.9. The van der Waals surface area contributed by atoms with Gasteiger partial charge in [-0.25, -0.2) is 4.79 Å². The van der Waals surface area contributed by atoms with Crippen LogP contribution in [0, 0.1) is 12.8 Å². The largest absolute Gasteiger partial charge is 0.464 e. The maximum atomic E-state index is 13.1. The van der Waals surface area contributed by atoms with E-state index in [1.165, 1.54) is 20.3 Å². The van der Waals surface area contributed by atoms with E-state index < -0.39 is 17.7 Å². The molecular weight excluding hydrogens is 425 g/mol. The Hall–Kier alpha value is -3.36. The fourth-order valence-corrected chi connectivity index (χ4v) is 3.01. The molecule has 0 fully saturated rings. The molecule has 2 rings (SSSR count). The van der Waals surface area contributed by atoms with E-state index >= 15 is 0 Å². The van der Waals surface area contributed by atoms with Gasteiger partial charge in [-0.1, -0.05) is 54.5 Å². The monoisotopic (exact) mass is 450 g/mol. The van der Waals surface area contributed by atoms with E-state index in [9.17, 15) is 18.0 Å². The molecule has 32 heavy (non-hydrogen) atoms. The lowest BCUT2D eigenvalue weighted by atomic mass is 9.98. The zero-order chi connectivity index (χ0) is 23.9. The van der Waals surface area contributed by atoms with Crippen LogP contribution in [0.1, 0.15) is 41.7 Å². The molecule has 6 nitrogen and oxygen atoms in total. The molecule has 0 N–H and O–H groups in total. The lowest BCUT2D eigenvalue weighted by molar-refractivity contribution is -0.137. The molecule has 0 spiro atoms. The van der Waals surface area contributed by atoms with Crippen molar-refractivity contribution in [2.75, 3.05) is 14.2 Å². The summed E-state index contributed by atoms with van der Waals surface area (Å²) in [7, 11) is 2.54. The van der Waals surface area contributed by atoms with Crippen molar-refractivity contribution in [3.05, 3.63) is 70.3 Å². The molecule has 172 valence electrons. The first-order valence-electron chi connectivity index (χ1n) is 9.76. The summed E-state index contributed by atoms with van der Waals surface area (Å²) in [6, 6.07) is 10.2. The summed E-state index contributed by atoms with van der Waals surface area (Å²) in [4.78, 5) is 22.5. The molecule has 0 saturated heterocycles. The van der Waals surface area contributed by atoms with Gasteiger partial charge in [0, 0.05) is 16.7 Å². The zero-order valence-corrected chi connectivity index (χ0v) is 18.5. The maximum Gasteiger partial charge on any atom is 0.416 e. The first-order chi connectivity index (χ1) is 15.1. The van der Waals surface area contributed by atoms with Crippen molar-refractivity contribution < 1.29 is 32.4 Å². The lowest BCUT2D eigenvalue weighted by Crippen LogP contribution is -2.20. The first-order valence-corrected chi connectivity index (χ1v) is 9.76. The molecule has 0 atom stereocenters. The Morgan fingerprint density at radius 1 is 1.06 bits per heavy atom. The van der Waals surface area contributed by atoms with Gasteiger partial charge in [-0.3, -0.25) is 0 Å². The van der Waals surface area contributed by atoms with Crippen molar-refractivity contribution in [2.24, 2.45) is 16.2 Å². The molecular formula is C23H25F3N2O4. The molecule has 2 aromatic carbocycles. The number of carbonyl (C=O) groups excluding carboxylic acids is 1. The normalized spacial score (nSPS) is 12.7. The fraction of sp³-hybridized carbons (Fsp3) is 0.348. The highest BCUT2D eigenvalue weighted by Crippen LogP contribution is 2.30. The van der Waals surface area contributed by atoms with Gasteiger partial charge in [-0.2, -0.15) is 13.2 Å². The number of hydrogen-bond donors (Lipinski definition) is 0. The average Bonchev–Trinajstić information content (AvgIpc) is 2.74. The van der Waals surface area contributed by atoms with Crippen LogP contribution in [0.4, 0.5) is 13.2 Å². The van der Waals surface area contributed by atoms with Crippen LogP contribution in [-0.4, -0.2) is 31.6 Å². The SMILES string of the molecule is CO/N=C(/C(=O)OC)c1cccc(C)c1CO/N=C(/c1cccc(C(F)(F)F)c1)C(C)C. The Kier molecular flexibility index (Phi) is 8.40. The van der Waals surface area contributed by atoms with Crippen molar-refractivity contribution in [3.8, 4) is 0 Å². The Labute approximate surface area is 184 Å². The van der Waals surface area contributed by atoms with Crippen molar-refractivity contribution in [1.29, 1.82) is 0 Å². The number of methoxy groups -OCH3 is 1. The van der Waals surface area contributed by atoms with Crippen LogP contribution in [0.2, 0.25) is 0 Å². The average molecular weight is 450 g/mol. The highest BCUT2D eigenvalue weighted by molar-refractivity contribution is 6.43. The quantitative estimate of drug-likeness (QED) is 0.318. The van der Waals surface area contributed by atoms with Crippen LogP contribution >= 0.6 is 0 Å². The molecule has 0 saturated carbocycles. The third-order valence-corrected chi connectivity index (χ3v) is 4.63. The summed E-state index contributed by atoms with van der Waals surface area (Å²) in [6.07, 6.45) is -4.46. The smallest absolute Gasteiger partial charge is 0.416 e. The number of rotatable bonds is 8. The number of oxime groups is 2. The summed E-state index contributed by atoms with van der Waals surface area (Å²) >= 11 is 0. The third-order valence-electron chi connectivity index (χ3n) is 4.63. The molecule has 0 radical (unpaired) electrons. The van der Waals surface area contributed by atoms with Gasteiger partial charge >= 0.3 is 12.1 Å². The number of alkyl halides is 3. The minimum Gasteiger partial charge on any atom is -0.464 e. The van der Waals surface area contributed by atoms with E-state index in [1.807, 2.05) is 26.8 Å². The van der Waals surface area contributed by atoms with Crippen LogP contribution in [0.3, 0.4) is 0 Å². The van der Waals surface area contributed by atoms with E-state index in [1.54, 1.807) is 18.2 Å².